The van der Waals surface area contributed by atoms with Crippen molar-refractivity contribution in [1.82, 2.24) is 9.88 Å². The smallest absolute Gasteiger partial charge is 0.313 e. The van der Waals surface area contributed by atoms with Crippen LogP contribution >= 0.6 is 0 Å². The lowest BCUT2D eigenvalue weighted by atomic mass is 10.2. The summed E-state index contributed by atoms with van der Waals surface area (Å²) in [5, 5.41) is 15.0. The summed E-state index contributed by atoms with van der Waals surface area (Å²) in [5.41, 5.74) is 1.99. The molecule has 0 aliphatic rings. The van der Waals surface area contributed by atoms with Crippen LogP contribution < -0.4 is 15.4 Å². The van der Waals surface area contributed by atoms with E-state index in [9.17, 15) is 14.7 Å². The molecule has 0 bridgehead atoms. The number of benzene rings is 1. The summed E-state index contributed by atoms with van der Waals surface area (Å²) in [5.74, 6) is -1.18. The number of nitrogens with zero attached hydrogens (tertiary/aromatic N) is 1. The predicted molar refractivity (Wildman–Crippen MR) is 89.7 cm³/mol. The lowest BCUT2D eigenvalue weighted by Gasteiger charge is -2.14. The van der Waals surface area contributed by atoms with Crippen molar-refractivity contribution in [2.45, 2.75) is 13.0 Å². The van der Waals surface area contributed by atoms with Crippen LogP contribution in [-0.4, -0.2) is 35.1 Å². The molecule has 2 aromatic rings. The van der Waals surface area contributed by atoms with Crippen molar-refractivity contribution in [2.75, 3.05) is 19.0 Å². The Kier molecular flexibility index (Phi) is 5.59. The maximum Gasteiger partial charge on any atom is 0.313 e. The topological polar surface area (TPSA) is 92.6 Å². The zero-order valence-corrected chi connectivity index (χ0v) is 13.9. The van der Waals surface area contributed by atoms with E-state index in [0.29, 0.717) is 17.1 Å². The third-order valence-corrected chi connectivity index (χ3v) is 3.59. The van der Waals surface area contributed by atoms with Crippen LogP contribution in [0.3, 0.4) is 0 Å². The molecule has 2 amide bonds. The molecule has 0 spiro atoms. The number of carbonyl (C=O) groups is 2. The van der Waals surface area contributed by atoms with Gasteiger partial charge in [-0.15, -0.1) is 0 Å². The Balaban J connectivity index is 1.94. The number of aryl methyl sites for hydroxylation is 2. The molecule has 0 aliphatic carbocycles. The summed E-state index contributed by atoms with van der Waals surface area (Å²) < 4.78 is 6.90. The molecule has 1 aromatic heterocycles. The number of nitrogens with one attached hydrogen (secondary N) is 2. The molecular formula is C17H21N3O4. The molecule has 0 radical (unpaired) electrons. The Morgan fingerprint density at radius 3 is 2.67 bits per heavy atom. The first-order valence-electron chi connectivity index (χ1n) is 7.45. The van der Waals surface area contributed by atoms with E-state index in [4.69, 9.17) is 4.74 Å². The van der Waals surface area contributed by atoms with Crippen molar-refractivity contribution >= 4 is 17.5 Å². The van der Waals surface area contributed by atoms with Crippen molar-refractivity contribution in [3.05, 3.63) is 47.8 Å². The summed E-state index contributed by atoms with van der Waals surface area (Å²) >= 11 is 0. The zero-order valence-electron chi connectivity index (χ0n) is 13.9. The number of rotatable bonds is 5. The fourth-order valence-corrected chi connectivity index (χ4v) is 2.29. The molecular weight excluding hydrogens is 310 g/mol. The number of ether oxygens (including phenoxy) is 1. The standard InChI is InChI=1S/C17H21N3O4/c1-11-6-7-15(24-3)12(9-11)19-17(23)16(22)18-10-14(21)13-5-4-8-20(13)2/h4-9,14,21H,10H2,1-3H3,(H,18,22)(H,19,23)/t14-/m1/s1. The molecule has 0 saturated carbocycles. The summed E-state index contributed by atoms with van der Waals surface area (Å²) in [4.78, 5) is 23.9. The largest absolute Gasteiger partial charge is 0.495 e. The van der Waals surface area contributed by atoms with Crippen LogP contribution in [0.2, 0.25) is 0 Å². The Labute approximate surface area is 140 Å². The highest BCUT2D eigenvalue weighted by Gasteiger charge is 2.18. The van der Waals surface area contributed by atoms with Gasteiger partial charge in [0.2, 0.25) is 0 Å². The number of hydrogen-bond acceptors (Lipinski definition) is 4. The summed E-state index contributed by atoms with van der Waals surface area (Å²) in [6, 6.07) is 8.79. The fourth-order valence-electron chi connectivity index (χ4n) is 2.29. The highest BCUT2D eigenvalue weighted by atomic mass is 16.5. The molecule has 7 heteroatoms. The van der Waals surface area contributed by atoms with E-state index >= 15 is 0 Å². The van der Waals surface area contributed by atoms with E-state index in [-0.39, 0.29) is 6.54 Å². The number of hydrogen-bond donors (Lipinski definition) is 3. The van der Waals surface area contributed by atoms with Crippen LogP contribution in [0.4, 0.5) is 5.69 Å². The third-order valence-electron chi connectivity index (χ3n) is 3.59. The van der Waals surface area contributed by atoms with Crippen LogP contribution in [0.15, 0.2) is 36.5 Å². The number of aliphatic hydroxyl groups excluding tert-OH is 1. The fraction of sp³-hybridized carbons (Fsp3) is 0.294. The van der Waals surface area contributed by atoms with Gasteiger partial charge in [-0.25, -0.2) is 0 Å². The second-order valence-electron chi connectivity index (χ2n) is 5.43. The first-order chi connectivity index (χ1) is 11.4. The lowest BCUT2D eigenvalue weighted by Crippen LogP contribution is -2.38. The number of methoxy groups -OCH3 is 1. The number of aromatic nitrogens is 1. The van der Waals surface area contributed by atoms with E-state index in [1.54, 1.807) is 42.1 Å². The van der Waals surface area contributed by atoms with Gasteiger partial charge in [0.25, 0.3) is 0 Å². The molecule has 1 atom stereocenters. The van der Waals surface area contributed by atoms with Crippen molar-refractivity contribution < 1.29 is 19.4 Å². The van der Waals surface area contributed by atoms with Crippen molar-refractivity contribution in [1.29, 1.82) is 0 Å². The minimum absolute atomic E-state index is 0.0605. The summed E-state index contributed by atoms with van der Waals surface area (Å²) in [6.45, 7) is 1.81. The van der Waals surface area contributed by atoms with Gasteiger partial charge in [0.05, 0.1) is 12.8 Å². The highest BCUT2D eigenvalue weighted by Crippen LogP contribution is 2.25. The molecule has 0 saturated heterocycles. The maximum atomic E-state index is 12.0. The van der Waals surface area contributed by atoms with E-state index in [0.717, 1.165) is 5.56 Å². The molecule has 1 heterocycles. The second-order valence-corrected chi connectivity index (χ2v) is 5.43. The van der Waals surface area contributed by atoms with Gasteiger partial charge in [-0.3, -0.25) is 9.59 Å². The molecule has 24 heavy (non-hydrogen) atoms. The first kappa shape index (κ1) is 17.6. The van der Waals surface area contributed by atoms with Crippen LogP contribution in [0, 0.1) is 6.92 Å². The second kappa shape index (κ2) is 7.65. The van der Waals surface area contributed by atoms with Gasteiger partial charge < -0.3 is 25.0 Å². The molecule has 128 valence electrons. The number of aliphatic hydroxyl groups is 1. The highest BCUT2D eigenvalue weighted by molar-refractivity contribution is 6.39. The van der Waals surface area contributed by atoms with E-state index in [1.165, 1.54) is 7.11 Å². The van der Waals surface area contributed by atoms with E-state index < -0.39 is 17.9 Å². The number of amides is 2. The van der Waals surface area contributed by atoms with Crippen LogP contribution in [0.25, 0.3) is 0 Å². The predicted octanol–water partition coefficient (Wildman–Crippen LogP) is 1.13. The summed E-state index contributed by atoms with van der Waals surface area (Å²) in [6.07, 6.45) is 0.896. The molecule has 0 fully saturated rings. The quantitative estimate of drug-likeness (QED) is 0.716. The SMILES string of the molecule is COc1ccc(C)cc1NC(=O)C(=O)NC[C@@H](O)c1cccn1C. The molecule has 0 unspecified atom stereocenters. The number of anilines is 1. The summed E-state index contributed by atoms with van der Waals surface area (Å²) in [7, 11) is 3.27. The average Bonchev–Trinajstić information content (AvgIpc) is 2.98. The molecule has 0 aliphatic heterocycles. The first-order valence-corrected chi connectivity index (χ1v) is 7.45. The minimum Gasteiger partial charge on any atom is -0.495 e. The zero-order chi connectivity index (χ0) is 17.7. The molecule has 3 N–H and O–H groups in total. The van der Waals surface area contributed by atoms with Gasteiger partial charge in [-0.1, -0.05) is 6.07 Å². The van der Waals surface area contributed by atoms with E-state index in [1.807, 2.05) is 13.0 Å². The van der Waals surface area contributed by atoms with Gasteiger partial charge >= 0.3 is 11.8 Å². The van der Waals surface area contributed by atoms with Gasteiger partial charge in [0, 0.05) is 25.5 Å². The van der Waals surface area contributed by atoms with Gasteiger partial charge in [-0.05, 0) is 36.8 Å². The van der Waals surface area contributed by atoms with Crippen LogP contribution in [-0.2, 0) is 16.6 Å². The Morgan fingerprint density at radius 2 is 2.04 bits per heavy atom. The van der Waals surface area contributed by atoms with Crippen molar-refractivity contribution in [3.63, 3.8) is 0 Å². The molecule has 1 aromatic carbocycles. The van der Waals surface area contributed by atoms with Crippen LogP contribution in [0.1, 0.15) is 17.4 Å². The molecule has 2 rings (SSSR count). The lowest BCUT2D eigenvalue weighted by molar-refractivity contribution is -0.136. The Bertz CT molecular complexity index is 739. The normalized spacial score (nSPS) is 11.7. The van der Waals surface area contributed by atoms with Crippen LogP contribution in [0.5, 0.6) is 5.75 Å². The van der Waals surface area contributed by atoms with Crippen molar-refractivity contribution in [2.24, 2.45) is 7.05 Å². The Morgan fingerprint density at radius 1 is 1.29 bits per heavy atom. The number of carbonyl (C=O) groups excluding carboxylic acids is 2. The van der Waals surface area contributed by atoms with Crippen molar-refractivity contribution in [3.8, 4) is 5.75 Å². The average molecular weight is 331 g/mol. The van der Waals surface area contributed by atoms with Gasteiger partial charge in [-0.2, -0.15) is 0 Å². The monoisotopic (exact) mass is 331 g/mol. The van der Waals surface area contributed by atoms with Gasteiger partial charge in [0.15, 0.2) is 0 Å². The Hall–Kier alpha value is -2.80. The van der Waals surface area contributed by atoms with E-state index in [2.05, 4.69) is 10.6 Å². The molecule has 7 nitrogen and oxygen atoms in total. The maximum absolute atomic E-state index is 12.0. The third kappa shape index (κ3) is 4.14. The minimum atomic E-state index is -0.893. The van der Waals surface area contributed by atoms with Gasteiger partial charge in [0.1, 0.15) is 11.9 Å².